The van der Waals surface area contributed by atoms with Gasteiger partial charge in [0.15, 0.2) is 0 Å². The Hall–Kier alpha value is -3.71. The Balaban J connectivity index is 1.58. The molecule has 0 spiro atoms. The zero-order valence-corrected chi connectivity index (χ0v) is 21.8. The molecule has 1 heterocycles. The first-order valence-electron chi connectivity index (χ1n) is 12.1. The Morgan fingerprint density at radius 2 is 1.64 bits per heavy atom. The molecule has 2 amide bonds. The van der Waals surface area contributed by atoms with E-state index in [9.17, 15) is 9.59 Å². The predicted octanol–water partition coefficient (Wildman–Crippen LogP) is 6.57. The van der Waals surface area contributed by atoms with E-state index in [1.54, 1.807) is 21.7 Å². The lowest BCUT2D eigenvalue weighted by molar-refractivity contribution is -0.117. The summed E-state index contributed by atoms with van der Waals surface area (Å²) in [6.07, 6.45) is 2.86. The van der Waals surface area contributed by atoms with E-state index in [2.05, 4.69) is 28.2 Å². The number of benzene rings is 3. The fourth-order valence-corrected chi connectivity index (χ4v) is 4.35. The number of amides is 2. The number of unbranched alkanes of at least 4 members (excludes halogenated alkanes) is 2. The monoisotopic (exact) mass is 544 g/mol. The molecule has 0 fully saturated rings. The van der Waals surface area contributed by atoms with Gasteiger partial charge < -0.3 is 10.2 Å². The molecule has 3 aromatic carbocycles. The van der Waals surface area contributed by atoms with E-state index < -0.39 is 0 Å². The topological polar surface area (TPSA) is 67.2 Å². The van der Waals surface area contributed by atoms with Crippen molar-refractivity contribution in [1.82, 2.24) is 14.7 Å². The summed E-state index contributed by atoms with van der Waals surface area (Å²) in [7, 11) is 0. The van der Waals surface area contributed by atoms with Crippen LogP contribution in [0.4, 0.5) is 5.82 Å². The predicted molar refractivity (Wildman–Crippen MR) is 147 cm³/mol. The van der Waals surface area contributed by atoms with Crippen LogP contribution in [0.2, 0.25) is 0 Å². The van der Waals surface area contributed by atoms with Gasteiger partial charge in [-0.25, -0.2) is 4.68 Å². The number of anilines is 1. The van der Waals surface area contributed by atoms with Crippen molar-refractivity contribution in [2.24, 2.45) is 0 Å². The maximum atomic E-state index is 13.3. The highest BCUT2D eigenvalue weighted by atomic mass is 79.9. The fraction of sp³-hybridized carbons (Fsp3) is 0.207. The third-order valence-electron chi connectivity index (χ3n) is 5.77. The van der Waals surface area contributed by atoms with Crippen LogP contribution in [0.25, 0.3) is 16.9 Å². The third-order valence-corrected chi connectivity index (χ3v) is 6.27. The summed E-state index contributed by atoms with van der Waals surface area (Å²) >= 11 is 3.43. The number of aromatic nitrogens is 2. The van der Waals surface area contributed by atoms with Crippen LogP contribution < -0.4 is 5.32 Å². The van der Waals surface area contributed by atoms with E-state index in [4.69, 9.17) is 5.10 Å². The van der Waals surface area contributed by atoms with Gasteiger partial charge in [0.25, 0.3) is 5.91 Å². The summed E-state index contributed by atoms with van der Waals surface area (Å²) in [5.74, 6) is 0.115. The molecule has 184 valence electrons. The summed E-state index contributed by atoms with van der Waals surface area (Å²) < 4.78 is 2.55. The van der Waals surface area contributed by atoms with Crippen LogP contribution in [0.15, 0.2) is 95.5 Å². The van der Waals surface area contributed by atoms with Crippen LogP contribution in [0, 0.1) is 0 Å². The first-order valence-corrected chi connectivity index (χ1v) is 12.9. The summed E-state index contributed by atoms with van der Waals surface area (Å²) in [6, 6.07) is 28.6. The van der Waals surface area contributed by atoms with E-state index in [1.165, 1.54) is 0 Å². The van der Waals surface area contributed by atoms with Crippen LogP contribution in [0.5, 0.6) is 0 Å². The Labute approximate surface area is 220 Å². The summed E-state index contributed by atoms with van der Waals surface area (Å²) in [6.45, 7) is 2.58. The van der Waals surface area contributed by atoms with Crippen LogP contribution in [-0.2, 0) is 4.79 Å². The highest BCUT2D eigenvalue weighted by Gasteiger charge is 2.21. The Kier molecular flexibility index (Phi) is 8.68. The Bertz CT molecular complexity index is 1310. The maximum Gasteiger partial charge on any atom is 0.254 e. The lowest BCUT2D eigenvalue weighted by Gasteiger charge is -2.22. The van der Waals surface area contributed by atoms with Gasteiger partial charge in [-0.15, -0.1) is 0 Å². The molecule has 1 N–H and O–H groups in total. The molecule has 0 saturated carbocycles. The van der Waals surface area contributed by atoms with Gasteiger partial charge in [-0.2, -0.15) is 5.10 Å². The molecule has 0 atom stereocenters. The number of halogens is 1. The highest BCUT2D eigenvalue weighted by molar-refractivity contribution is 9.10. The Morgan fingerprint density at radius 3 is 2.33 bits per heavy atom. The zero-order chi connectivity index (χ0) is 25.3. The second-order valence-corrected chi connectivity index (χ2v) is 9.44. The van der Waals surface area contributed by atoms with Crippen LogP contribution in [0.1, 0.15) is 36.5 Å². The van der Waals surface area contributed by atoms with Gasteiger partial charge in [0.05, 0.1) is 11.4 Å². The molecule has 0 aliphatic carbocycles. The fourth-order valence-electron chi connectivity index (χ4n) is 3.95. The molecule has 1 aromatic heterocycles. The smallest absolute Gasteiger partial charge is 0.254 e. The molecule has 7 heteroatoms. The zero-order valence-electron chi connectivity index (χ0n) is 20.2. The minimum Gasteiger partial charge on any atom is -0.329 e. The van der Waals surface area contributed by atoms with Crippen molar-refractivity contribution in [3.8, 4) is 16.9 Å². The highest BCUT2D eigenvalue weighted by Crippen LogP contribution is 2.25. The number of hydrogen-bond donors (Lipinski definition) is 1. The molecular weight excluding hydrogens is 516 g/mol. The van der Waals surface area contributed by atoms with E-state index in [-0.39, 0.29) is 18.4 Å². The minimum atomic E-state index is -0.272. The number of carbonyl (C=O) groups excluding carboxylic acids is 2. The van der Waals surface area contributed by atoms with Crippen molar-refractivity contribution >= 4 is 33.6 Å². The molecule has 6 nitrogen and oxygen atoms in total. The molecule has 0 unspecified atom stereocenters. The van der Waals surface area contributed by atoms with Gasteiger partial charge in [0.2, 0.25) is 5.91 Å². The number of hydrogen-bond acceptors (Lipinski definition) is 3. The normalized spacial score (nSPS) is 10.7. The largest absolute Gasteiger partial charge is 0.329 e. The van der Waals surface area contributed by atoms with Crippen LogP contribution >= 0.6 is 15.9 Å². The van der Waals surface area contributed by atoms with E-state index >= 15 is 0 Å². The molecule has 0 bridgehead atoms. The lowest BCUT2D eigenvalue weighted by Crippen LogP contribution is -2.39. The van der Waals surface area contributed by atoms with Crippen molar-refractivity contribution in [1.29, 1.82) is 0 Å². The number of para-hydroxylation sites is 1. The van der Waals surface area contributed by atoms with Crippen molar-refractivity contribution < 1.29 is 9.59 Å². The minimum absolute atomic E-state index is 0.0459. The first-order chi connectivity index (χ1) is 17.5. The van der Waals surface area contributed by atoms with Crippen molar-refractivity contribution in [2.45, 2.75) is 26.2 Å². The molecule has 36 heavy (non-hydrogen) atoms. The van der Waals surface area contributed by atoms with Gasteiger partial charge >= 0.3 is 0 Å². The first kappa shape index (κ1) is 25.4. The molecule has 0 radical (unpaired) electrons. The van der Waals surface area contributed by atoms with Gasteiger partial charge in [0.1, 0.15) is 12.4 Å². The van der Waals surface area contributed by atoms with Gasteiger partial charge in [-0.1, -0.05) is 90.3 Å². The molecule has 4 aromatic rings. The lowest BCUT2D eigenvalue weighted by atomic mass is 10.1. The van der Waals surface area contributed by atoms with Gasteiger partial charge in [0, 0.05) is 28.2 Å². The average molecular weight is 545 g/mol. The molecule has 0 aliphatic rings. The molecular formula is C29H29BrN4O2. The molecule has 0 aliphatic heterocycles. The SMILES string of the molecule is CCCCCN(CC(=O)Nc1cc(-c2ccccc2)nn1-c1ccccc1)C(=O)c1cccc(Br)c1. The van der Waals surface area contributed by atoms with Crippen molar-refractivity contribution in [3.63, 3.8) is 0 Å². The summed E-state index contributed by atoms with van der Waals surface area (Å²) in [4.78, 5) is 28.1. The number of nitrogens with zero attached hydrogens (tertiary/aromatic N) is 3. The van der Waals surface area contributed by atoms with Crippen LogP contribution in [0.3, 0.4) is 0 Å². The number of rotatable bonds is 10. The quantitative estimate of drug-likeness (QED) is 0.229. The molecule has 4 rings (SSSR count). The second kappa shape index (κ2) is 12.3. The maximum absolute atomic E-state index is 13.3. The standard InChI is InChI=1S/C29H29BrN4O2/c1-2-3-10-18-33(29(36)23-14-11-15-24(30)19-23)21-28(35)31-27-20-26(22-12-6-4-7-13-22)32-34(27)25-16-8-5-9-17-25/h4-9,11-17,19-20H,2-3,10,18,21H2,1H3,(H,31,35). The van der Waals surface area contributed by atoms with E-state index in [0.29, 0.717) is 17.9 Å². The number of nitrogens with one attached hydrogen (secondary N) is 1. The van der Waals surface area contributed by atoms with Gasteiger partial charge in [-0.3, -0.25) is 9.59 Å². The van der Waals surface area contributed by atoms with E-state index in [0.717, 1.165) is 40.7 Å². The van der Waals surface area contributed by atoms with Crippen molar-refractivity contribution in [2.75, 3.05) is 18.4 Å². The Morgan fingerprint density at radius 1 is 0.917 bits per heavy atom. The third kappa shape index (κ3) is 6.49. The van der Waals surface area contributed by atoms with Crippen LogP contribution in [-0.4, -0.2) is 39.6 Å². The summed E-state index contributed by atoms with van der Waals surface area (Å²) in [5.41, 5.74) is 3.09. The number of carbonyl (C=O) groups is 2. The average Bonchev–Trinajstić information content (AvgIpc) is 3.32. The van der Waals surface area contributed by atoms with Crippen molar-refractivity contribution in [3.05, 3.63) is 101 Å². The van der Waals surface area contributed by atoms with E-state index in [1.807, 2.05) is 78.9 Å². The van der Waals surface area contributed by atoms with Gasteiger partial charge in [-0.05, 0) is 36.8 Å². The molecule has 0 saturated heterocycles. The second-order valence-electron chi connectivity index (χ2n) is 8.52. The summed E-state index contributed by atoms with van der Waals surface area (Å²) in [5, 5.41) is 7.75.